The van der Waals surface area contributed by atoms with Gasteiger partial charge in [-0.15, -0.1) is 0 Å². The predicted octanol–water partition coefficient (Wildman–Crippen LogP) is 4.27. The van der Waals surface area contributed by atoms with E-state index in [1.54, 1.807) is 4.90 Å². The summed E-state index contributed by atoms with van der Waals surface area (Å²) in [6.45, 7) is 1.20. The van der Waals surface area contributed by atoms with Gasteiger partial charge in [0.25, 0.3) is 5.91 Å². The monoisotopic (exact) mass is 394 g/mol. The van der Waals surface area contributed by atoms with E-state index in [4.69, 9.17) is 4.74 Å². The van der Waals surface area contributed by atoms with Crippen molar-refractivity contribution in [2.45, 2.75) is 32.1 Å². The molecule has 1 N–H and O–H groups in total. The maximum atomic E-state index is 12.0. The van der Waals surface area contributed by atoms with E-state index in [0.29, 0.717) is 19.0 Å². The summed E-state index contributed by atoms with van der Waals surface area (Å²) in [4.78, 5) is 24.9. The Labute approximate surface area is 173 Å². The van der Waals surface area contributed by atoms with Crippen molar-refractivity contribution >= 4 is 12.0 Å². The molecule has 2 aromatic carbocycles. The maximum absolute atomic E-state index is 12.0. The second-order valence-corrected chi connectivity index (χ2v) is 7.57. The van der Waals surface area contributed by atoms with Gasteiger partial charge in [0.1, 0.15) is 0 Å². The second kappa shape index (κ2) is 10.6. The lowest BCUT2D eigenvalue weighted by Crippen LogP contribution is -2.40. The molecule has 0 spiro atoms. The largest absolute Gasteiger partial charge is 0.439 e. The molecule has 3 rings (SSSR count). The van der Waals surface area contributed by atoms with Crippen LogP contribution in [0.5, 0.6) is 0 Å². The minimum atomic E-state index is -0.385. The average Bonchev–Trinajstić information content (AvgIpc) is 2.78. The van der Waals surface area contributed by atoms with Crippen molar-refractivity contribution in [3.63, 3.8) is 0 Å². The van der Waals surface area contributed by atoms with Crippen LogP contribution >= 0.6 is 0 Å². The van der Waals surface area contributed by atoms with Gasteiger partial charge >= 0.3 is 6.09 Å². The van der Waals surface area contributed by atoms with Crippen LogP contribution in [0.3, 0.4) is 0 Å². The van der Waals surface area contributed by atoms with E-state index >= 15 is 0 Å². The number of rotatable bonds is 7. The van der Waals surface area contributed by atoms with Gasteiger partial charge in [0.2, 0.25) is 0 Å². The van der Waals surface area contributed by atoms with Crippen molar-refractivity contribution < 1.29 is 14.3 Å². The van der Waals surface area contributed by atoms with Crippen molar-refractivity contribution in [3.8, 4) is 11.1 Å². The van der Waals surface area contributed by atoms with Crippen LogP contribution in [0.4, 0.5) is 4.79 Å². The van der Waals surface area contributed by atoms with Gasteiger partial charge in [-0.05, 0) is 54.7 Å². The van der Waals surface area contributed by atoms with Gasteiger partial charge in [0.05, 0.1) is 0 Å². The number of nitrogens with one attached hydrogen (secondary N) is 1. The van der Waals surface area contributed by atoms with Crippen molar-refractivity contribution in [1.29, 1.82) is 0 Å². The number of aryl methyl sites for hydroxylation is 1. The van der Waals surface area contributed by atoms with Gasteiger partial charge in [-0.25, -0.2) is 4.79 Å². The zero-order valence-corrected chi connectivity index (χ0v) is 17.1. The highest BCUT2D eigenvalue weighted by Crippen LogP contribution is 2.27. The number of hydrogen-bond donors (Lipinski definition) is 1. The van der Waals surface area contributed by atoms with E-state index in [1.807, 2.05) is 6.07 Å². The first-order chi connectivity index (χ1) is 14.2. The van der Waals surface area contributed by atoms with Crippen LogP contribution in [0.1, 0.15) is 31.2 Å². The van der Waals surface area contributed by atoms with Gasteiger partial charge in [-0.3, -0.25) is 4.79 Å². The van der Waals surface area contributed by atoms with Gasteiger partial charge in [0, 0.05) is 20.1 Å². The lowest BCUT2D eigenvalue weighted by molar-refractivity contribution is -0.123. The highest BCUT2D eigenvalue weighted by molar-refractivity contribution is 5.79. The summed E-state index contributed by atoms with van der Waals surface area (Å²) in [5.41, 5.74) is 3.99. The van der Waals surface area contributed by atoms with E-state index in [9.17, 15) is 9.59 Å². The summed E-state index contributed by atoms with van der Waals surface area (Å²) in [5, 5.41) is 2.45. The average molecular weight is 395 g/mol. The summed E-state index contributed by atoms with van der Waals surface area (Å²) in [6.07, 6.45) is 4.99. The van der Waals surface area contributed by atoms with Crippen LogP contribution in [0, 0.1) is 5.92 Å². The Hall–Kier alpha value is -2.82. The first-order valence-electron chi connectivity index (χ1n) is 10.4. The van der Waals surface area contributed by atoms with E-state index in [0.717, 1.165) is 25.7 Å². The molecule has 1 aliphatic rings. The Bertz CT molecular complexity index is 799. The third kappa shape index (κ3) is 6.08. The lowest BCUT2D eigenvalue weighted by Gasteiger charge is -2.31. The molecule has 0 atom stereocenters. The second-order valence-electron chi connectivity index (χ2n) is 7.57. The summed E-state index contributed by atoms with van der Waals surface area (Å²) in [7, 11) is 1.53. The molecule has 5 nitrogen and oxygen atoms in total. The number of amides is 2. The van der Waals surface area contributed by atoms with Crippen LogP contribution in [0.25, 0.3) is 11.1 Å². The van der Waals surface area contributed by atoms with Gasteiger partial charge < -0.3 is 15.0 Å². The minimum absolute atomic E-state index is 0.212. The van der Waals surface area contributed by atoms with Crippen molar-refractivity contribution in [3.05, 3.63) is 60.2 Å². The maximum Gasteiger partial charge on any atom is 0.410 e. The topological polar surface area (TPSA) is 58.6 Å². The first-order valence-corrected chi connectivity index (χ1v) is 10.4. The number of likely N-dealkylation sites (N-methyl/N-ethyl adjacent to an activating group) is 1. The first kappa shape index (κ1) is 20.9. The number of carbonyl (C=O) groups excluding carboxylic acids is 2. The summed E-state index contributed by atoms with van der Waals surface area (Å²) >= 11 is 0. The van der Waals surface area contributed by atoms with Crippen LogP contribution < -0.4 is 5.32 Å². The Balaban J connectivity index is 1.43. The zero-order valence-electron chi connectivity index (χ0n) is 17.1. The molecular formula is C24H30N2O3. The minimum Gasteiger partial charge on any atom is -0.439 e. The van der Waals surface area contributed by atoms with E-state index in [-0.39, 0.29) is 18.6 Å². The fourth-order valence-electron chi connectivity index (χ4n) is 3.91. The van der Waals surface area contributed by atoms with Crippen LogP contribution in [0.2, 0.25) is 0 Å². The summed E-state index contributed by atoms with van der Waals surface area (Å²) in [6, 6.07) is 19.2. The van der Waals surface area contributed by atoms with E-state index < -0.39 is 0 Å². The molecule has 5 heteroatoms. The molecule has 2 aromatic rings. The number of likely N-dealkylation sites (tertiary alicyclic amines) is 1. The molecule has 0 aromatic heterocycles. The SMILES string of the molecule is CNC(=O)COC(=O)N1CCC(CCCc2ccccc2-c2ccccc2)CC1. The highest BCUT2D eigenvalue weighted by atomic mass is 16.6. The Kier molecular flexibility index (Phi) is 7.68. The molecule has 0 radical (unpaired) electrons. The summed E-state index contributed by atoms with van der Waals surface area (Å²) < 4.78 is 5.04. The van der Waals surface area contributed by atoms with Gasteiger partial charge in [0.15, 0.2) is 6.61 Å². The number of carbonyl (C=O) groups is 2. The van der Waals surface area contributed by atoms with Crippen LogP contribution in [-0.4, -0.2) is 43.6 Å². The Morgan fingerprint density at radius 3 is 2.45 bits per heavy atom. The molecular weight excluding hydrogens is 364 g/mol. The molecule has 0 saturated carbocycles. The molecule has 29 heavy (non-hydrogen) atoms. The van der Waals surface area contributed by atoms with Crippen molar-refractivity contribution in [2.24, 2.45) is 5.92 Å². The molecule has 1 fully saturated rings. The fourth-order valence-corrected chi connectivity index (χ4v) is 3.91. The molecule has 154 valence electrons. The molecule has 0 unspecified atom stereocenters. The Morgan fingerprint density at radius 1 is 1.03 bits per heavy atom. The lowest BCUT2D eigenvalue weighted by atomic mass is 9.89. The fraction of sp³-hybridized carbons (Fsp3) is 0.417. The van der Waals surface area contributed by atoms with Crippen molar-refractivity contribution in [1.82, 2.24) is 10.2 Å². The van der Waals surface area contributed by atoms with Gasteiger partial charge in [-0.1, -0.05) is 54.6 Å². The number of benzene rings is 2. The zero-order chi connectivity index (χ0) is 20.5. The van der Waals surface area contributed by atoms with E-state index in [1.165, 1.54) is 30.2 Å². The third-order valence-corrected chi connectivity index (χ3v) is 5.64. The van der Waals surface area contributed by atoms with Gasteiger partial charge in [-0.2, -0.15) is 0 Å². The number of piperidine rings is 1. The van der Waals surface area contributed by atoms with Crippen LogP contribution in [0.15, 0.2) is 54.6 Å². The van der Waals surface area contributed by atoms with E-state index in [2.05, 4.69) is 53.8 Å². The highest BCUT2D eigenvalue weighted by Gasteiger charge is 2.24. The predicted molar refractivity (Wildman–Crippen MR) is 115 cm³/mol. The normalized spacial score (nSPS) is 14.4. The molecule has 2 amide bonds. The quantitative estimate of drug-likeness (QED) is 0.763. The number of nitrogens with zero attached hydrogens (tertiary/aromatic N) is 1. The standard InChI is InChI=1S/C24H30N2O3/c1-25-23(27)18-29-24(28)26-16-14-19(15-17-26)8-7-12-21-11-5-6-13-22(21)20-9-3-2-4-10-20/h2-6,9-11,13,19H,7-8,12,14-18H2,1H3,(H,25,27). The molecule has 0 bridgehead atoms. The molecule has 0 aliphatic carbocycles. The third-order valence-electron chi connectivity index (χ3n) is 5.64. The molecule has 1 saturated heterocycles. The molecule has 1 aliphatic heterocycles. The molecule has 1 heterocycles. The number of ether oxygens (including phenoxy) is 1. The smallest absolute Gasteiger partial charge is 0.410 e. The Morgan fingerprint density at radius 2 is 1.72 bits per heavy atom. The number of hydrogen-bond acceptors (Lipinski definition) is 3. The summed E-state index contributed by atoms with van der Waals surface area (Å²) in [5.74, 6) is 0.353. The van der Waals surface area contributed by atoms with Crippen molar-refractivity contribution in [2.75, 3.05) is 26.7 Å². The van der Waals surface area contributed by atoms with Crippen LogP contribution in [-0.2, 0) is 16.0 Å².